The van der Waals surface area contributed by atoms with Gasteiger partial charge in [-0.15, -0.1) is 0 Å². The van der Waals surface area contributed by atoms with Crippen LogP contribution in [-0.4, -0.2) is 49.9 Å². The van der Waals surface area contributed by atoms with Gasteiger partial charge in [0.05, 0.1) is 5.60 Å². The Bertz CT molecular complexity index is 552. The highest BCUT2D eigenvalue weighted by Gasteiger charge is 2.28. The van der Waals surface area contributed by atoms with Gasteiger partial charge in [0.2, 0.25) is 10.0 Å². The molecule has 3 N–H and O–H groups in total. The molecule has 0 saturated heterocycles. The molecule has 1 rings (SSSR count). The fraction of sp³-hybridized carbons (Fsp3) is 0.727. The highest BCUT2D eigenvalue weighted by molar-refractivity contribution is 7.89. The van der Waals surface area contributed by atoms with Crippen LogP contribution in [0.1, 0.15) is 20.8 Å². The molecule has 0 saturated carbocycles. The third kappa shape index (κ3) is 3.81. The molecule has 0 aliphatic carbocycles. The van der Waals surface area contributed by atoms with E-state index in [0.717, 1.165) is 15.8 Å². The van der Waals surface area contributed by atoms with Crippen molar-refractivity contribution in [1.82, 2.24) is 8.68 Å². The van der Waals surface area contributed by atoms with Gasteiger partial charge >= 0.3 is 0 Å². The molecule has 0 amide bonds. The van der Waals surface area contributed by atoms with E-state index in [2.05, 4.69) is 9.69 Å². The van der Waals surface area contributed by atoms with E-state index in [1.165, 1.54) is 14.1 Å². The Morgan fingerprint density at radius 2 is 2.05 bits per heavy atom. The SMILES string of the molecule is CCOC(C)(C)CNc1snc(N)c1S(=O)(=O)N(C)C. The number of nitrogen functional groups attached to an aromatic ring is 1. The molecule has 0 bridgehead atoms. The molecular weight excluding hydrogens is 300 g/mol. The summed E-state index contributed by atoms with van der Waals surface area (Å²) in [6, 6.07) is 0. The number of rotatable bonds is 7. The quantitative estimate of drug-likeness (QED) is 0.783. The van der Waals surface area contributed by atoms with Gasteiger partial charge in [0.15, 0.2) is 10.7 Å². The summed E-state index contributed by atoms with van der Waals surface area (Å²) in [7, 11) is -0.705. The fourth-order valence-electron chi connectivity index (χ4n) is 1.57. The van der Waals surface area contributed by atoms with Crippen LogP contribution in [0.25, 0.3) is 0 Å². The number of sulfonamides is 1. The first-order chi connectivity index (χ1) is 9.12. The molecule has 1 aromatic rings. The third-order valence-electron chi connectivity index (χ3n) is 2.62. The first-order valence-electron chi connectivity index (χ1n) is 6.17. The maximum atomic E-state index is 12.2. The minimum Gasteiger partial charge on any atom is -0.382 e. The molecule has 9 heteroatoms. The number of ether oxygens (including phenoxy) is 1. The van der Waals surface area contributed by atoms with E-state index in [1.54, 1.807) is 0 Å². The molecule has 0 aromatic carbocycles. The van der Waals surface area contributed by atoms with Crippen LogP contribution in [0.3, 0.4) is 0 Å². The number of anilines is 2. The summed E-state index contributed by atoms with van der Waals surface area (Å²) < 4.78 is 35.1. The highest BCUT2D eigenvalue weighted by atomic mass is 32.2. The van der Waals surface area contributed by atoms with Gasteiger partial charge in [-0.1, -0.05) is 0 Å². The van der Waals surface area contributed by atoms with Crippen molar-refractivity contribution in [2.45, 2.75) is 31.3 Å². The Hall–Kier alpha value is -0.900. The van der Waals surface area contributed by atoms with Gasteiger partial charge in [-0.05, 0) is 32.3 Å². The molecule has 0 unspecified atom stereocenters. The number of nitrogens with one attached hydrogen (secondary N) is 1. The average molecular weight is 322 g/mol. The normalized spacial score (nSPS) is 12.9. The van der Waals surface area contributed by atoms with Crippen molar-refractivity contribution in [1.29, 1.82) is 0 Å². The number of nitrogens with two attached hydrogens (primary N) is 1. The average Bonchev–Trinajstić information content (AvgIpc) is 2.68. The van der Waals surface area contributed by atoms with Crippen molar-refractivity contribution < 1.29 is 13.2 Å². The predicted octanol–water partition coefficient (Wildman–Crippen LogP) is 1.20. The molecule has 0 aliphatic rings. The van der Waals surface area contributed by atoms with Crippen molar-refractivity contribution in [2.24, 2.45) is 0 Å². The highest BCUT2D eigenvalue weighted by Crippen LogP contribution is 2.33. The van der Waals surface area contributed by atoms with E-state index in [4.69, 9.17) is 10.5 Å². The van der Waals surface area contributed by atoms with Crippen LogP contribution in [0, 0.1) is 0 Å². The van der Waals surface area contributed by atoms with Gasteiger partial charge in [0.25, 0.3) is 0 Å². The van der Waals surface area contributed by atoms with Gasteiger partial charge in [-0.3, -0.25) is 0 Å². The molecule has 7 nitrogen and oxygen atoms in total. The zero-order valence-corrected chi connectivity index (χ0v) is 14.1. The second-order valence-electron chi connectivity index (χ2n) is 5.06. The van der Waals surface area contributed by atoms with Crippen molar-refractivity contribution in [2.75, 3.05) is 38.3 Å². The fourth-order valence-corrected chi connectivity index (χ4v) is 3.65. The number of nitrogens with zero attached hydrogens (tertiary/aromatic N) is 2. The topological polar surface area (TPSA) is 97.5 Å². The molecule has 1 aromatic heterocycles. The van der Waals surface area contributed by atoms with Gasteiger partial charge in [0.1, 0.15) is 5.00 Å². The molecule has 0 radical (unpaired) electrons. The molecule has 116 valence electrons. The maximum Gasteiger partial charge on any atom is 0.249 e. The largest absolute Gasteiger partial charge is 0.382 e. The van der Waals surface area contributed by atoms with Crippen LogP contribution >= 0.6 is 11.5 Å². The van der Waals surface area contributed by atoms with E-state index in [-0.39, 0.29) is 10.7 Å². The van der Waals surface area contributed by atoms with Gasteiger partial charge in [0, 0.05) is 27.2 Å². The predicted molar refractivity (Wildman–Crippen MR) is 81.6 cm³/mol. The van der Waals surface area contributed by atoms with Crippen LogP contribution in [0.5, 0.6) is 0 Å². The smallest absolute Gasteiger partial charge is 0.249 e. The zero-order chi connectivity index (χ0) is 15.6. The minimum atomic E-state index is -3.62. The molecular formula is C11H22N4O3S2. The Labute approximate surface area is 124 Å². The Kier molecular flexibility index (Phi) is 5.36. The van der Waals surface area contributed by atoms with Crippen molar-refractivity contribution in [3.8, 4) is 0 Å². The summed E-state index contributed by atoms with van der Waals surface area (Å²) >= 11 is 1.03. The lowest BCUT2D eigenvalue weighted by atomic mass is 10.1. The molecule has 0 atom stereocenters. The van der Waals surface area contributed by atoms with E-state index in [1.807, 2.05) is 20.8 Å². The van der Waals surface area contributed by atoms with Gasteiger partial charge < -0.3 is 15.8 Å². The van der Waals surface area contributed by atoms with E-state index >= 15 is 0 Å². The second-order valence-corrected chi connectivity index (χ2v) is 7.92. The summed E-state index contributed by atoms with van der Waals surface area (Å²) in [5.41, 5.74) is 5.28. The number of hydrogen-bond acceptors (Lipinski definition) is 7. The first-order valence-corrected chi connectivity index (χ1v) is 8.38. The Balaban J connectivity index is 3.00. The number of aromatic nitrogens is 1. The Morgan fingerprint density at radius 3 is 2.55 bits per heavy atom. The van der Waals surface area contributed by atoms with Crippen LogP contribution < -0.4 is 11.1 Å². The standard InChI is InChI=1S/C11H22N4O3S2/c1-6-18-11(2,3)7-13-10-8(9(12)14-19-10)20(16,17)15(4)5/h13H,6-7H2,1-5H3,(H2,12,14). The summed E-state index contributed by atoms with van der Waals surface area (Å²) in [4.78, 5) is 0.0276. The maximum absolute atomic E-state index is 12.2. The summed E-state index contributed by atoms with van der Waals surface area (Å²) in [6.07, 6.45) is 0. The van der Waals surface area contributed by atoms with Crippen LogP contribution in [0.15, 0.2) is 4.90 Å². The van der Waals surface area contributed by atoms with Crippen LogP contribution in [-0.2, 0) is 14.8 Å². The van der Waals surface area contributed by atoms with Gasteiger partial charge in [-0.25, -0.2) is 12.7 Å². The van der Waals surface area contributed by atoms with Crippen LogP contribution in [0.4, 0.5) is 10.8 Å². The number of hydrogen-bond donors (Lipinski definition) is 2. The molecule has 0 fully saturated rings. The van der Waals surface area contributed by atoms with E-state index in [9.17, 15) is 8.42 Å². The van der Waals surface area contributed by atoms with Gasteiger partial charge in [-0.2, -0.15) is 4.37 Å². The summed E-state index contributed by atoms with van der Waals surface area (Å²) in [6.45, 7) is 6.80. The molecule has 0 spiro atoms. The lowest BCUT2D eigenvalue weighted by Gasteiger charge is -2.25. The van der Waals surface area contributed by atoms with Crippen molar-refractivity contribution in [3.05, 3.63) is 0 Å². The summed E-state index contributed by atoms with van der Waals surface area (Å²) in [5.74, 6) is 0.0143. The lowest BCUT2D eigenvalue weighted by Crippen LogP contribution is -2.33. The van der Waals surface area contributed by atoms with E-state index in [0.29, 0.717) is 18.2 Å². The molecule has 1 heterocycles. The second kappa shape index (κ2) is 6.25. The first kappa shape index (κ1) is 17.2. The summed E-state index contributed by atoms with van der Waals surface area (Å²) in [5, 5.41) is 3.50. The molecule has 0 aliphatic heterocycles. The van der Waals surface area contributed by atoms with Crippen molar-refractivity contribution >= 4 is 32.4 Å². The monoisotopic (exact) mass is 322 g/mol. The Morgan fingerprint density at radius 1 is 1.45 bits per heavy atom. The zero-order valence-electron chi connectivity index (χ0n) is 12.4. The van der Waals surface area contributed by atoms with Crippen molar-refractivity contribution in [3.63, 3.8) is 0 Å². The minimum absolute atomic E-state index is 0.0143. The van der Waals surface area contributed by atoms with Crippen LogP contribution in [0.2, 0.25) is 0 Å². The lowest BCUT2D eigenvalue weighted by molar-refractivity contribution is 0.000711. The molecule has 20 heavy (non-hydrogen) atoms. The third-order valence-corrected chi connectivity index (χ3v) is 5.46. The van der Waals surface area contributed by atoms with E-state index < -0.39 is 15.6 Å².